The molecule has 162 valence electrons. The van der Waals surface area contributed by atoms with Gasteiger partial charge in [-0.25, -0.2) is 14.5 Å². The molecule has 0 spiro atoms. The minimum atomic E-state index is -0.202. The average molecular weight is 437 g/mol. The van der Waals surface area contributed by atoms with E-state index in [1.165, 1.54) is 5.56 Å². The molecule has 1 fully saturated rings. The summed E-state index contributed by atoms with van der Waals surface area (Å²) < 4.78 is 1.69. The maximum atomic E-state index is 12.6. The molecule has 31 heavy (non-hydrogen) atoms. The predicted octanol–water partition coefficient (Wildman–Crippen LogP) is 3.58. The number of thioether (sulfide) groups is 1. The maximum Gasteiger partial charge on any atom is 0.347 e. The summed E-state index contributed by atoms with van der Waals surface area (Å²) in [4.78, 5) is 26.9. The van der Waals surface area contributed by atoms with Gasteiger partial charge in [0.05, 0.1) is 11.4 Å². The molecule has 2 aromatic carbocycles. The van der Waals surface area contributed by atoms with Crippen molar-refractivity contribution in [2.45, 2.75) is 31.9 Å². The number of nitrogens with zero attached hydrogens (tertiary/aromatic N) is 3. The fraction of sp³-hybridized carbons (Fsp3) is 0.375. The van der Waals surface area contributed by atoms with Crippen molar-refractivity contribution in [3.05, 3.63) is 82.0 Å². The molecule has 2 heterocycles. The summed E-state index contributed by atoms with van der Waals surface area (Å²) in [6.07, 6.45) is 2.60. The van der Waals surface area contributed by atoms with Crippen LogP contribution in [0, 0.1) is 12.8 Å². The number of para-hydroxylation sites is 1. The van der Waals surface area contributed by atoms with Crippen LogP contribution in [0.1, 0.15) is 29.8 Å². The second kappa shape index (κ2) is 10.0. The van der Waals surface area contributed by atoms with Gasteiger partial charge in [-0.15, -0.1) is 11.8 Å². The number of benzene rings is 2. The number of likely N-dealkylation sites (tertiary alicyclic amines) is 1. The molecule has 1 saturated heterocycles. The van der Waals surface area contributed by atoms with Crippen molar-refractivity contribution < 1.29 is 4.79 Å². The monoisotopic (exact) mass is 436 g/mol. The Morgan fingerprint density at radius 3 is 2.55 bits per heavy atom. The van der Waals surface area contributed by atoms with Crippen LogP contribution in [-0.4, -0.2) is 44.4 Å². The number of nitrogens with one attached hydrogen (secondary N) is 1. The van der Waals surface area contributed by atoms with E-state index in [4.69, 9.17) is 0 Å². The highest BCUT2D eigenvalue weighted by Crippen LogP contribution is 2.23. The first-order chi connectivity index (χ1) is 15.1. The second-order valence-electron chi connectivity index (χ2n) is 8.07. The Hall–Kier alpha value is -2.80. The third-order valence-corrected chi connectivity index (χ3v) is 6.86. The Morgan fingerprint density at radius 1 is 1.10 bits per heavy atom. The predicted molar refractivity (Wildman–Crippen MR) is 125 cm³/mol. The SMILES string of the molecule is Cc1ccccc1-n1c(CC2CCN(C(=O)CSCc3ccccc3)CC2)n[nH]c1=O. The first-order valence-electron chi connectivity index (χ1n) is 10.7. The molecule has 0 atom stereocenters. The lowest BCUT2D eigenvalue weighted by Gasteiger charge is -2.32. The van der Waals surface area contributed by atoms with Crippen molar-refractivity contribution in [1.29, 1.82) is 0 Å². The van der Waals surface area contributed by atoms with Crippen molar-refractivity contribution in [1.82, 2.24) is 19.7 Å². The van der Waals surface area contributed by atoms with E-state index in [1.54, 1.807) is 16.3 Å². The molecule has 0 saturated carbocycles. The fourth-order valence-electron chi connectivity index (χ4n) is 4.10. The Labute approximate surface area is 186 Å². The molecule has 0 aliphatic carbocycles. The Morgan fingerprint density at radius 2 is 1.81 bits per heavy atom. The van der Waals surface area contributed by atoms with Gasteiger partial charge in [0.2, 0.25) is 5.91 Å². The number of rotatable bonds is 7. The maximum absolute atomic E-state index is 12.6. The number of H-pyrrole nitrogens is 1. The lowest BCUT2D eigenvalue weighted by Crippen LogP contribution is -2.40. The molecule has 7 heteroatoms. The number of hydrogen-bond acceptors (Lipinski definition) is 4. The summed E-state index contributed by atoms with van der Waals surface area (Å²) in [7, 11) is 0. The highest BCUT2D eigenvalue weighted by molar-refractivity contribution is 7.99. The van der Waals surface area contributed by atoms with E-state index in [0.717, 1.165) is 55.2 Å². The van der Waals surface area contributed by atoms with Crippen molar-refractivity contribution in [2.24, 2.45) is 5.92 Å². The lowest BCUT2D eigenvalue weighted by molar-refractivity contribution is -0.129. The van der Waals surface area contributed by atoms with Crippen LogP contribution in [-0.2, 0) is 17.0 Å². The van der Waals surface area contributed by atoms with E-state index in [-0.39, 0.29) is 11.6 Å². The number of carbonyl (C=O) groups is 1. The standard InChI is InChI=1S/C24H28N4O2S/c1-18-7-5-6-10-21(18)28-22(25-26-24(28)30)15-19-11-13-27(14-12-19)23(29)17-31-16-20-8-3-2-4-9-20/h2-10,19H,11-17H2,1H3,(H,26,30). The minimum absolute atomic E-state index is 0.202. The third kappa shape index (κ3) is 5.28. The zero-order valence-electron chi connectivity index (χ0n) is 17.8. The summed E-state index contributed by atoms with van der Waals surface area (Å²) in [6.45, 7) is 3.54. The average Bonchev–Trinajstić information content (AvgIpc) is 3.15. The number of carbonyl (C=O) groups excluding carboxylic acids is 1. The summed E-state index contributed by atoms with van der Waals surface area (Å²) in [5, 5.41) is 6.90. The molecule has 0 radical (unpaired) electrons. The van der Waals surface area contributed by atoms with Crippen LogP contribution >= 0.6 is 11.8 Å². The number of aromatic amines is 1. The molecular weight excluding hydrogens is 408 g/mol. The van der Waals surface area contributed by atoms with E-state index in [1.807, 2.05) is 54.3 Å². The van der Waals surface area contributed by atoms with Gasteiger partial charge in [0.15, 0.2) is 0 Å². The van der Waals surface area contributed by atoms with Gasteiger partial charge in [-0.1, -0.05) is 48.5 Å². The van der Waals surface area contributed by atoms with E-state index >= 15 is 0 Å². The van der Waals surface area contributed by atoms with Crippen LogP contribution in [0.2, 0.25) is 0 Å². The normalized spacial score (nSPS) is 14.7. The van der Waals surface area contributed by atoms with Crippen molar-refractivity contribution in [2.75, 3.05) is 18.8 Å². The lowest BCUT2D eigenvalue weighted by atomic mass is 9.93. The topological polar surface area (TPSA) is 71.0 Å². The first-order valence-corrected chi connectivity index (χ1v) is 11.9. The van der Waals surface area contributed by atoms with Crippen molar-refractivity contribution in [3.63, 3.8) is 0 Å². The van der Waals surface area contributed by atoms with Gasteiger partial charge in [0, 0.05) is 25.3 Å². The molecule has 6 nitrogen and oxygen atoms in total. The minimum Gasteiger partial charge on any atom is -0.342 e. The van der Waals surface area contributed by atoms with Gasteiger partial charge in [-0.2, -0.15) is 5.10 Å². The van der Waals surface area contributed by atoms with Crippen LogP contribution < -0.4 is 5.69 Å². The van der Waals surface area contributed by atoms with Gasteiger partial charge in [0.25, 0.3) is 0 Å². The molecule has 3 aromatic rings. The van der Waals surface area contributed by atoms with E-state index in [9.17, 15) is 9.59 Å². The Balaban J connectivity index is 1.30. The van der Waals surface area contributed by atoms with Crippen molar-refractivity contribution >= 4 is 17.7 Å². The van der Waals surface area contributed by atoms with Crippen LogP contribution in [0.3, 0.4) is 0 Å². The highest BCUT2D eigenvalue weighted by atomic mass is 32.2. The molecule has 4 rings (SSSR count). The summed E-state index contributed by atoms with van der Waals surface area (Å²) in [5.41, 5.74) is 2.96. The van der Waals surface area contributed by atoms with Gasteiger partial charge >= 0.3 is 5.69 Å². The molecule has 1 amide bonds. The summed E-state index contributed by atoms with van der Waals surface area (Å²) in [6, 6.07) is 18.1. The van der Waals surface area contributed by atoms with Crippen LogP contribution in [0.15, 0.2) is 59.4 Å². The number of piperidine rings is 1. The van der Waals surface area contributed by atoms with Crippen LogP contribution in [0.5, 0.6) is 0 Å². The largest absolute Gasteiger partial charge is 0.347 e. The zero-order chi connectivity index (χ0) is 21.6. The summed E-state index contributed by atoms with van der Waals surface area (Å²) >= 11 is 1.67. The second-order valence-corrected chi connectivity index (χ2v) is 9.06. The molecule has 0 bridgehead atoms. The molecule has 1 N–H and O–H groups in total. The number of amides is 1. The van der Waals surface area contributed by atoms with Gasteiger partial charge in [0.1, 0.15) is 5.82 Å². The zero-order valence-corrected chi connectivity index (χ0v) is 18.6. The Bertz CT molecular complexity index is 1070. The van der Waals surface area contributed by atoms with E-state index < -0.39 is 0 Å². The number of aromatic nitrogens is 3. The number of hydrogen-bond donors (Lipinski definition) is 1. The van der Waals surface area contributed by atoms with Gasteiger partial charge in [-0.05, 0) is 42.9 Å². The molecule has 0 unspecified atom stereocenters. The van der Waals surface area contributed by atoms with E-state index in [2.05, 4.69) is 22.3 Å². The summed E-state index contributed by atoms with van der Waals surface area (Å²) in [5.74, 6) is 2.78. The quantitative estimate of drug-likeness (QED) is 0.615. The number of aryl methyl sites for hydroxylation is 1. The van der Waals surface area contributed by atoms with Gasteiger partial charge < -0.3 is 4.90 Å². The molecular formula is C24H28N4O2S. The first kappa shape index (κ1) is 21.4. The van der Waals surface area contributed by atoms with E-state index in [0.29, 0.717) is 11.7 Å². The fourth-order valence-corrected chi connectivity index (χ4v) is 4.98. The third-order valence-electron chi connectivity index (χ3n) is 5.87. The van der Waals surface area contributed by atoms with Crippen molar-refractivity contribution in [3.8, 4) is 5.69 Å². The van der Waals surface area contributed by atoms with Crippen LogP contribution in [0.25, 0.3) is 5.69 Å². The molecule has 1 aromatic heterocycles. The molecule has 1 aliphatic rings. The molecule has 1 aliphatic heterocycles. The van der Waals surface area contributed by atoms with Crippen LogP contribution in [0.4, 0.5) is 0 Å². The van der Waals surface area contributed by atoms with Gasteiger partial charge in [-0.3, -0.25) is 4.79 Å². The smallest absolute Gasteiger partial charge is 0.342 e. The highest BCUT2D eigenvalue weighted by Gasteiger charge is 2.25. The Kier molecular flexibility index (Phi) is 6.92.